The van der Waals surface area contributed by atoms with Crippen LogP contribution in [0.3, 0.4) is 0 Å². The summed E-state index contributed by atoms with van der Waals surface area (Å²) in [5, 5.41) is 3.93. The highest BCUT2D eigenvalue weighted by molar-refractivity contribution is 7.99. The van der Waals surface area contributed by atoms with Gasteiger partial charge in [0.2, 0.25) is 5.91 Å². The molecule has 0 saturated carbocycles. The zero-order valence-electron chi connectivity index (χ0n) is 14.0. The second-order valence-electron chi connectivity index (χ2n) is 5.40. The fourth-order valence-corrected chi connectivity index (χ4v) is 3.31. The number of rotatable bonds is 9. The van der Waals surface area contributed by atoms with Gasteiger partial charge in [-0.3, -0.25) is 4.79 Å². The number of amides is 1. The van der Waals surface area contributed by atoms with Gasteiger partial charge in [-0.1, -0.05) is 37.7 Å². The largest absolute Gasteiger partial charge is 0.383 e. The van der Waals surface area contributed by atoms with Gasteiger partial charge in [0.15, 0.2) is 5.16 Å². The summed E-state index contributed by atoms with van der Waals surface area (Å²) in [6.45, 7) is 5.53. The molecule has 0 aliphatic heterocycles. The smallest absolute Gasteiger partial charge is 0.230 e. The van der Waals surface area contributed by atoms with E-state index in [9.17, 15) is 4.79 Å². The van der Waals surface area contributed by atoms with Crippen molar-refractivity contribution in [1.82, 2.24) is 14.9 Å². The quantitative estimate of drug-likeness (QED) is 0.716. The van der Waals surface area contributed by atoms with E-state index >= 15 is 0 Å². The van der Waals surface area contributed by atoms with Crippen LogP contribution in [-0.4, -0.2) is 41.0 Å². The minimum atomic E-state index is 0.0639. The highest BCUT2D eigenvalue weighted by atomic mass is 32.2. The molecule has 1 aromatic heterocycles. The first-order chi connectivity index (χ1) is 11.2. The molecule has 0 spiro atoms. The molecule has 1 N–H and O–H groups in total. The molecule has 0 aliphatic rings. The van der Waals surface area contributed by atoms with E-state index in [0.29, 0.717) is 12.4 Å². The Balaban J connectivity index is 2.08. The standard InChI is InChI=1S/C17H25N3O2S/c1-4-13(5-2)18-16(21)12-23-17-19-14-8-6-7-9-15(14)20(17)10-11-22-3/h6-9,13H,4-5,10-12H2,1-3H3,(H,18,21). The Morgan fingerprint density at radius 1 is 1.35 bits per heavy atom. The Kier molecular flexibility index (Phi) is 6.92. The molecule has 1 amide bonds. The van der Waals surface area contributed by atoms with Gasteiger partial charge in [0, 0.05) is 19.7 Å². The van der Waals surface area contributed by atoms with Crippen LogP contribution in [0.2, 0.25) is 0 Å². The van der Waals surface area contributed by atoms with E-state index in [0.717, 1.165) is 35.6 Å². The van der Waals surface area contributed by atoms with Crippen LogP contribution in [0.4, 0.5) is 0 Å². The van der Waals surface area contributed by atoms with Gasteiger partial charge in [-0.25, -0.2) is 4.98 Å². The molecule has 126 valence electrons. The molecule has 0 aliphatic carbocycles. The number of ether oxygens (including phenoxy) is 1. The third kappa shape index (κ3) is 4.72. The van der Waals surface area contributed by atoms with Gasteiger partial charge >= 0.3 is 0 Å². The highest BCUT2D eigenvalue weighted by Crippen LogP contribution is 2.24. The number of thioether (sulfide) groups is 1. The lowest BCUT2D eigenvalue weighted by Gasteiger charge is -2.14. The van der Waals surface area contributed by atoms with E-state index in [1.165, 1.54) is 11.8 Å². The Morgan fingerprint density at radius 3 is 2.78 bits per heavy atom. The number of methoxy groups -OCH3 is 1. The van der Waals surface area contributed by atoms with Crippen LogP contribution < -0.4 is 5.32 Å². The Hall–Kier alpha value is -1.53. The van der Waals surface area contributed by atoms with Crippen LogP contribution >= 0.6 is 11.8 Å². The van der Waals surface area contributed by atoms with Gasteiger partial charge < -0.3 is 14.6 Å². The number of nitrogens with one attached hydrogen (secondary N) is 1. The molecule has 1 heterocycles. The number of hydrogen-bond donors (Lipinski definition) is 1. The topological polar surface area (TPSA) is 56.2 Å². The van der Waals surface area contributed by atoms with Crippen LogP contribution in [0.1, 0.15) is 26.7 Å². The van der Waals surface area contributed by atoms with E-state index < -0.39 is 0 Å². The van der Waals surface area contributed by atoms with Crippen molar-refractivity contribution in [3.8, 4) is 0 Å². The average molecular weight is 335 g/mol. The van der Waals surface area contributed by atoms with Gasteiger partial charge in [0.25, 0.3) is 0 Å². The minimum absolute atomic E-state index is 0.0639. The predicted molar refractivity (Wildman–Crippen MR) is 94.8 cm³/mol. The zero-order chi connectivity index (χ0) is 16.7. The molecule has 5 nitrogen and oxygen atoms in total. The van der Waals surface area contributed by atoms with Crippen molar-refractivity contribution in [3.05, 3.63) is 24.3 Å². The molecule has 0 unspecified atom stereocenters. The fraction of sp³-hybridized carbons (Fsp3) is 0.529. The molecule has 0 bridgehead atoms. The van der Waals surface area contributed by atoms with Crippen molar-refractivity contribution in [1.29, 1.82) is 0 Å². The number of fused-ring (bicyclic) bond motifs is 1. The van der Waals surface area contributed by atoms with Crippen molar-refractivity contribution in [2.24, 2.45) is 0 Å². The van der Waals surface area contributed by atoms with Gasteiger partial charge in [-0.2, -0.15) is 0 Å². The zero-order valence-corrected chi connectivity index (χ0v) is 14.9. The lowest BCUT2D eigenvalue weighted by molar-refractivity contribution is -0.119. The maximum absolute atomic E-state index is 12.1. The number of imidazole rings is 1. The van der Waals surface area contributed by atoms with Gasteiger partial charge in [-0.15, -0.1) is 0 Å². The van der Waals surface area contributed by atoms with Crippen molar-refractivity contribution in [2.45, 2.75) is 44.4 Å². The molecular weight excluding hydrogens is 310 g/mol. The summed E-state index contributed by atoms with van der Waals surface area (Å²) in [5.74, 6) is 0.446. The second-order valence-corrected chi connectivity index (χ2v) is 6.34. The number of aromatic nitrogens is 2. The van der Waals surface area contributed by atoms with E-state index in [-0.39, 0.29) is 11.9 Å². The molecule has 23 heavy (non-hydrogen) atoms. The number of benzene rings is 1. The van der Waals surface area contributed by atoms with Gasteiger partial charge in [0.1, 0.15) is 0 Å². The van der Waals surface area contributed by atoms with Crippen molar-refractivity contribution >= 4 is 28.7 Å². The maximum Gasteiger partial charge on any atom is 0.230 e. The van der Waals surface area contributed by atoms with Crippen LogP contribution in [0.15, 0.2) is 29.4 Å². The summed E-state index contributed by atoms with van der Waals surface area (Å²) in [5.41, 5.74) is 2.03. The predicted octanol–water partition coefficient (Wildman–Crippen LogP) is 3.08. The third-order valence-corrected chi connectivity index (χ3v) is 4.80. The van der Waals surface area contributed by atoms with Crippen molar-refractivity contribution in [2.75, 3.05) is 19.5 Å². The Labute approximate surface area is 141 Å². The summed E-state index contributed by atoms with van der Waals surface area (Å²) >= 11 is 1.48. The van der Waals surface area contributed by atoms with E-state index in [2.05, 4.69) is 28.7 Å². The van der Waals surface area contributed by atoms with Gasteiger partial charge in [-0.05, 0) is 25.0 Å². The molecular formula is C17H25N3O2S. The summed E-state index contributed by atoms with van der Waals surface area (Å²) in [4.78, 5) is 16.7. The van der Waals surface area contributed by atoms with Crippen LogP contribution in [0.25, 0.3) is 11.0 Å². The van der Waals surface area contributed by atoms with E-state index in [1.807, 2.05) is 24.3 Å². The molecule has 0 atom stereocenters. The number of hydrogen-bond acceptors (Lipinski definition) is 4. The first-order valence-electron chi connectivity index (χ1n) is 8.05. The highest BCUT2D eigenvalue weighted by Gasteiger charge is 2.14. The van der Waals surface area contributed by atoms with Gasteiger partial charge in [0.05, 0.1) is 23.4 Å². The summed E-state index contributed by atoms with van der Waals surface area (Å²) < 4.78 is 7.31. The number of carbonyl (C=O) groups excluding carboxylic acids is 1. The second kappa shape index (κ2) is 8.93. The lowest BCUT2D eigenvalue weighted by Crippen LogP contribution is -2.35. The number of carbonyl (C=O) groups is 1. The van der Waals surface area contributed by atoms with Crippen LogP contribution in [-0.2, 0) is 16.1 Å². The first-order valence-corrected chi connectivity index (χ1v) is 9.04. The Morgan fingerprint density at radius 2 is 2.09 bits per heavy atom. The molecule has 6 heteroatoms. The van der Waals surface area contributed by atoms with E-state index in [4.69, 9.17) is 4.74 Å². The summed E-state index contributed by atoms with van der Waals surface area (Å²) in [6.07, 6.45) is 1.92. The lowest BCUT2D eigenvalue weighted by atomic mass is 10.2. The normalized spacial score (nSPS) is 11.3. The molecule has 2 aromatic rings. The summed E-state index contributed by atoms with van der Waals surface area (Å²) in [7, 11) is 1.69. The van der Waals surface area contributed by atoms with Crippen molar-refractivity contribution in [3.63, 3.8) is 0 Å². The third-order valence-electron chi connectivity index (χ3n) is 3.82. The maximum atomic E-state index is 12.1. The van der Waals surface area contributed by atoms with E-state index in [1.54, 1.807) is 7.11 Å². The number of nitrogens with zero attached hydrogens (tertiary/aromatic N) is 2. The molecule has 0 radical (unpaired) electrons. The average Bonchev–Trinajstić information content (AvgIpc) is 2.93. The molecule has 0 saturated heterocycles. The molecule has 1 aromatic carbocycles. The number of para-hydroxylation sites is 2. The fourth-order valence-electron chi connectivity index (χ4n) is 2.45. The summed E-state index contributed by atoms with van der Waals surface area (Å²) in [6, 6.07) is 8.28. The minimum Gasteiger partial charge on any atom is -0.383 e. The monoisotopic (exact) mass is 335 g/mol. The first kappa shape index (κ1) is 17.8. The molecule has 0 fully saturated rings. The van der Waals surface area contributed by atoms with Crippen LogP contribution in [0, 0.1) is 0 Å². The van der Waals surface area contributed by atoms with Crippen molar-refractivity contribution < 1.29 is 9.53 Å². The molecule has 2 rings (SSSR count). The van der Waals surface area contributed by atoms with Crippen LogP contribution in [0.5, 0.6) is 0 Å². The SMILES string of the molecule is CCC(CC)NC(=O)CSc1nc2ccccc2n1CCOC. The Bertz CT molecular complexity index is 638.